The average Bonchev–Trinajstić information content (AvgIpc) is 2.39. The molecule has 1 aromatic rings. The van der Waals surface area contributed by atoms with Crippen LogP contribution in [0.15, 0.2) is 24.3 Å². The summed E-state index contributed by atoms with van der Waals surface area (Å²) in [4.78, 5) is 0. The van der Waals surface area contributed by atoms with Crippen molar-refractivity contribution < 1.29 is 30.7 Å². The number of anilines is 1. The first-order valence-electron chi connectivity index (χ1n) is 5.75. The Balaban J connectivity index is 2.45. The molecule has 10 heteroatoms. The van der Waals surface area contributed by atoms with E-state index in [2.05, 4.69) is 0 Å². The maximum atomic E-state index is 12.6. The highest BCUT2D eigenvalue weighted by molar-refractivity contribution is 7.89. The summed E-state index contributed by atoms with van der Waals surface area (Å²) in [6.07, 6.45) is -3.94. The molecule has 21 heavy (non-hydrogen) atoms. The van der Waals surface area contributed by atoms with Crippen LogP contribution in [0, 0.1) is 0 Å². The molecule has 0 amide bonds. The summed E-state index contributed by atoms with van der Waals surface area (Å²) in [5, 5.41) is 0. The number of rotatable bonds is 8. The topological polar surface area (TPSA) is 81.4 Å². The predicted molar refractivity (Wildman–Crippen MR) is 69.1 cm³/mol. The molecule has 0 heterocycles. The van der Waals surface area contributed by atoms with Gasteiger partial charge in [0.2, 0.25) is 10.0 Å². The maximum Gasteiger partial charge on any atom is 0.320 e. The van der Waals surface area contributed by atoms with E-state index >= 15 is 0 Å². The van der Waals surface area contributed by atoms with Crippen LogP contribution in [0.25, 0.3) is 0 Å². The zero-order chi connectivity index (χ0) is 16.1. The van der Waals surface area contributed by atoms with Gasteiger partial charge < -0.3 is 10.5 Å². The van der Waals surface area contributed by atoms with Gasteiger partial charge in [-0.3, -0.25) is 0 Å². The molecule has 0 saturated carbocycles. The van der Waals surface area contributed by atoms with Crippen LogP contribution in [0.4, 0.5) is 23.2 Å². The minimum absolute atomic E-state index is 0.241. The van der Waals surface area contributed by atoms with Crippen LogP contribution >= 0.6 is 0 Å². The van der Waals surface area contributed by atoms with E-state index < -0.39 is 34.7 Å². The van der Waals surface area contributed by atoms with E-state index in [9.17, 15) is 26.0 Å². The molecule has 0 radical (unpaired) electrons. The normalized spacial score (nSPS) is 12.6. The monoisotopic (exact) mass is 330 g/mol. The van der Waals surface area contributed by atoms with E-state index in [0.29, 0.717) is 0 Å². The van der Waals surface area contributed by atoms with Gasteiger partial charge in [0.05, 0.1) is 18.0 Å². The SMILES string of the molecule is Nc1ccccc1OCCS(=O)(=O)NCC(F)(F)C(F)F. The van der Waals surface area contributed by atoms with E-state index in [1.165, 1.54) is 16.9 Å². The van der Waals surface area contributed by atoms with E-state index in [4.69, 9.17) is 10.5 Å². The third-order valence-corrected chi connectivity index (χ3v) is 3.66. The van der Waals surface area contributed by atoms with Gasteiger partial charge in [-0.15, -0.1) is 0 Å². The second-order valence-corrected chi connectivity index (χ2v) is 6.01. The van der Waals surface area contributed by atoms with Crippen molar-refractivity contribution in [1.82, 2.24) is 4.72 Å². The van der Waals surface area contributed by atoms with Gasteiger partial charge in [-0.25, -0.2) is 21.9 Å². The molecule has 0 saturated heterocycles. The van der Waals surface area contributed by atoms with Gasteiger partial charge in [-0.1, -0.05) is 12.1 Å². The molecular weight excluding hydrogens is 316 g/mol. The van der Waals surface area contributed by atoms with Crippen LogP contribution in [-0.2, 0) is 10.0 Å². The standard InChI is InChI=1S/C11H14F4N2O3S/c12-10(13)11(14,15)7-17-21(18,19)6-5-20-9-4-2-1-3-8(9)16/h1-4,10,17H,5-7,16H2. The molecule has 0 atom stereocenters. The summed E-state index contributed by atoms with van der Waals surface area (Å²) >= 11 is 0. The van der Waals surface area contributed by atoms with E-state index in [1.54, 1.807) is 12.1 Å². The highest BCUT2D eigenvalue weighted by atomic mass is 32.2. The average molecular weight is 330 g/mol. The number of ether oxygens (including phenoxy) is 1. The van der Waals surface area contributed by atoms with Crippen molar-refractivity contribution in [1.29, 1.82) is 0 Å². The Morgan fingerprint density at radius 2 is 1.90 bits per heavy atom. The van der Waals surface area contributed by atoms with Crippen molar-refractivity contribution in [2.24, 2.45) is 0 Å². The summed E-state index contributed by atoms with van der Waals surface area (Å²) in [5.74, 6) is -4.84. The van der Waals surface area contributed by atoms with Crippen molar-refractivity contribution in [2.75, 3.05) is 24.6 Å². The number of nitrogen functional groups attached to an aromatic ring is 1. The summed E-state index contributed by atoms with van der Waals surface area (Å²) < 4.78 is 78.2. The number of sulfonamides is 1. The second kappa shape index (κ2) is 6.94. The van der Waals surface area contributed by atoms with E-state index in [0.717, 1.165) is 0 Å². The third kappa shape index (κ3) is 5.76. The van der Waals surface area contributed by atoms with Gasteiger partial charge in [-0.2, -0.15) is 8.78 Å². The Morgan fingerprint density at radius 3 is 2.48 bits per heavy atom. The molecule has 5 nitrogen and oxygen atoms in total. The van der Waals surface area contributed by atoms with Crippen LogP contribution in [0.1, 0.15) is 0 Å². The summed E-state index contributed by atoms with van der Waals surface area (Å²) in [6, 6.07) is 6.29. The van der Waals surface area contributed by atoms with Crippen molar-refractivity contribution >= 4 is 15.7 Å². The molecule has 0 spiro atoms. The lowest BCUT2D eigenvalue weighted by atomic mass is 10.3. The molecule has 0 unspecified atom stereocenters. The summed E-state index contributed by atoms with van der Waals surface area (Å²) in [7, 11) is -4.16. The summed E-state index contributed by atoms with van der Waals surface area (Å²) in [5.41, 5.74) is 5.83. The van der Waals surface area contributed by atoms with Crippen LogP contribution in [0.3, 0.4) is 0 Å². The molecule has 0 aliphatic carbocycles. The minimum atomic E-state index is -4.42. The quantitative estimate of drug-likeness (QED) is 0.559. The van der Waals surface area contributed by atoms with Crippen LogP contribution in [0.2, 0.25) is 0 Å². The Bertz CT molecular complexity index is 566. The Morgan fingerprint density at radius 1 is 1.29 bits per heavy atom. The lowest BCUT2D eigenvalue weighted by Crippen LogP contribution is -2.42. The first kappa shape index (κ1) is 17.5. The van der Waals surface area contributed by atoms with E-state index in [1.807, 2.05) is 0 Å². The zero-order valence-electron chi connectivity index (χ0n) is 10.7. The zero-order valence-corrected chi connectivity index (χ0v) is 11.5. The molecule has 0 bridgehead atoms. The van der Waals surface area contributed by atoms with Gasteiger partial charge in [0.1, 0.15) is 12.4 Å². The number of nitrogens with two attached hydrogens (primary N) is 1. The molecule has 0 aliphatic rings. The lowest BCUT2D eigenvalue weighted by Gasteiger charge is -2.16. The van der Waals surface area contributed by atoms with Crippen LogP contribution < -0.4 is 15.2 Å². The molecule has 0 aliphatic heterocycles. The largest absolute Gasteiger partial charge is 0.490 e. The van der Waals surface area contributed by atoms with Gasteiger partial charge in [0, 0.05) is 0 Å². The van der Waals surface area contributed by atoms with E-state index in [-0.39, 0.29) is 18.0 Å². The molecule has 1 rings (SSSR count). The number of hydrogen-bond donors (Lipinski definition) is 2. The van der Waals surface area contributed by atoms with Crippen molar-refractivity contribution in [3.8, 4) is 5.75 Å². The Labute approximate surface area is 119 Å². The molecule has 0 fully saturated rings. The predicted octanol–water partition coefficient (Wildman–Crippen LogP) is 1.47. The van der Waals surface area contributed by atoms with Gasteiger partial charge in [0.25, 0.3) is 0 Å². The first-order chi connectivity index (χ1) is 9.64. The van der Waals surface area contributed by atoms with Gasteiger partial charge in [0.15, 0.2) is 0 Å². The summed E-state index contributed by atoms with van der Waals surface area (Å²) in [6.45, 7) is -2.02. The number of nitrogens with one attached hydrogen (secondary N) is 1. The van der Waals surface area contributed by atoms with Crippen LogP contribution in [-0.4, -0.2) is 39.7 Å². The molecule has 120 valence electrons. The molecule has 1 aromatic carbocycles. The maximum absolute atomic E-state index is 12.6. The number of alkyl halides is 4. The number of benzene rings is 1. The van der Waals surface area contributed by atoms with Crippen molar-refractivity contribution in [2.45, 2.75) is 12.3 Å². The number of halogens is 4. The number of para-hydroxylation sites is 2. The fourth-order valence-corrected chi connectivity index (χ4v) is 2.09. The smallest absolute Gasteiger partial charge is 0.320 e. The Hall–Kier alpha value is -1.55. The molecule has 3 N–H and O–H groups in total. The number of hydrogen-bond acceptors (Lipinski definition) is 4. The highest BCUT2D eigenvalue weighted by Crippen LogP contribution is 2.22. The third-order valence-electron chi connectivity index (χ3n) is 2.38. The fourth-order valence-electron chi connectivity index (χ4n) is 1.23. The highest BCUT2D eigenvalue weighted by Gasteiger charge is 2.41. The first-order valence-corrected chi connectivity index (χ1v) is 7.40. The van der Waals surface area contributed by atoms with Gasteiger partial charge in [-0.05, 0) is 12.1 Å². The second-order valence-electron chi connectivity index (χ2n) is 4.09. The van der Waals surface area contributed by atoms with Crippen molar-refractivity contribution in [3.63, 3.8) is 0 Å². The Kier molecular flexibility index (Phi) is 5.78. The minimum Gasteiger partial charge on any atom is -0.490 e. The molecule has 0 aromatic heterocycles. The van der Waals surface area contributed by atoms with Crippen LogP contribution in [0.5, 0.6) is 5.75 Å². The fraction of sp³-hybridized carbons (Fsp3) is 0.455. The van der Waals surface area contributed by atoms with Crippen molar-refractivity contribution in [3.05, 3.63) is 24.3 Å². The molecular formula is C11H14F4N2O3S. The van der Waals surface area contributed by atoms with Gasteiger partial charge >= 0.3 is 12.3 Å². The lowest BCUT2D eigenvalue weighted by molar-refractivity contribution is -0.122.